The number of fused-ring (bicyclic) bond motifs is 1. The lowest BCUT2D eigenvalue weighted by Gasteiger charge is -2.13. The highest BCUT2D eigenvalue weighted by Crippen LogP contribution is 2.34. The van der Waals surface area contributed by atoms with Crippen LogP contribution in [-0.4, -0.2) is 27.2 Å². The van der Waals surface area contributed by atoms with Gasteiger partial charge in [0.25, 0.3) is 0 Å². The number of carbonyl (C=O) groups is 1. The molecule has 0 aliphatic carbocycles. The largest absolute Gasteiger partial charge is 0.461 e. The van der Waals surface area contributed by atoms with Crippen LogP contribution in [0.4, 0.5) is 0 Å². The van der Waals surface area contributed by atoms with Gasteiger partial charge in [0.2, 0.25) is 0 Å². The molecular formula is C23H29N3O2. The van der Waals surface area contributed by atoms with Gasteiger partial charge < -0.3 is 4.74 Å². The van der Waals surface area contributed by atoms with Gasteiger partial charge in [0, 0.05) is 5.69 Å². The Hall–Kier alpha value is -2.69. The minimum Gasteiger partial charge on any atom is -0.461 e. The van der Waals surface area contributed by atoms with E-state index in [4.69, 9.17) is 14.8 Å². The van der Waals surface area contributed by atoms with E-state index in [0.717, 1.165) is 48.3 Å². The Morgan fingerprint density at radius 2 is 1.75 bits per heavy atom. The van der Waals surface area contributed by atoms with Crippen molar-refractivity contribution in [3.63, 3.8) is 0 Å². The summed E-state index contributed by atoms with van der Waals surface area (Å²) in [6.45, 7) is 10.6. The number of benzene rings is 1. The van der Waals surface area contributed by atoms with E-state index >= 15 is 0 Å². The zero-order valence-corrected chi connectivity index (χ0v) is 17.5. The van der Waals surface area contributed by atoms with Crippen LogP contribution >= 0.6 is 0 Å². The standard InChI is InChI=1S/C23H29N3O2/c1-6-11-18-14-19(23(27)28-9-4)24-22-20(15(5)25-26(18)22)21-16(7-2)12-10-13-17(21)8-3/h10,12-14H,6-9,11H2,1-5H3. The second-order valence-electron chi connectivity index (χ2n) is 6.96. The topological polar surface area (TPSA) is 56.5 Å². The van der Waals surface area contributed by atoms with Crippen molar-refractivity contribution >= 4 is 11.6 Å². The minimum atomic E-state index is -0.383. The van der Waals surface area contributed by atoms with Crippen LogP contribution in [0.25, 0.3) is 16.8 Å². The number of carbonyl (C=O) groups excluding carboxylic acids is 1. The molecule has 0 N–H and O–H groups in total. The van der Waals surface area contributed by atoms with Crippen LogP contribution in [0.1, 0.15) is 67.1 Å². The number of esters is 1. The van der Waals surface area contributed by atoms with Crippen LogP contribution in [0.3, 0.4) is 0 Å². The van der Waals surface area contributed by atoms with Gasteiger partial charge in [-0.05, 0) is 55.9 Å². The highest BCUT2D eigenvalue weighted by molar-refractivity contribution is 5.90. The second kappa shape index (κ2) is 8.55. The molecule has 0 saturated heterocycles. The van der Waals surface area contributed by atoms with Gasteiger partial charge in [-0.3, -0.25) is 0 Å². The number of rotatable bonds is 7. The van der Waals surface area contributed by atoms with Crippen LogP contribution < -0.4 is 0 Å². The van der Waals surface area contributed by atoms with Crippen molar-refractivity contribution in [1.29, 1.82) is 0 Å². The van der Waals surface area contributed by atoms with E-state index in [2.05, 4.69) is 39.0 Å². The summed E-state index contributed by atoms with van der Waals surface area (Å²) in [4.78, 5) is 17.1. The van der Waals surface area contributed by atoms with Crippen molar-refractivity contribution in [1.82, 2.24) is 14.6 Å². The van der Waals surface area contributed by atoms with Gasteiger partial charge in [-0.2, -0.15) is 5.10 Å². The number of ether oxygens (including phenoxy) is 1. The average Bonchev–Trinajstić information content (AvgIpc) is 3.03. The summed E-state index contributed by atoms with van der Waals surface area (Å²) in [5.74, 6) is -0.383. The lowest BCUT2D eigenvalue weighted by atomic mass is 9.92. The first-order valence-electron chi connectivity index (χ1n) is 10.2. The quantitative estimate of drug-likeness (QED) is 0.545. The van der Waals surface area contributed by atoms with E-state index in [9.17, 15) is 4.79 Å². The van der Waals surface area contributed by atoms with Crippen LogP contribution in [0.2, 0.25) is 0 Å². The van der Waals surface area contributed by atoms with Gasteiger partial charge in [-0.1, -0.05) is 45.4 Å². The Kier molecular flexibility index (Phi) is 6.12. The van der Waals surface area contributed by atoms with Crippen LogP contribution in [-0.2, 0) is 24.0 Å². The maximum absolute atomic E-state index is 12.4. The molecule has 5 heteroatoms. The zero-order valence-electron chi connectivity index (χ0n) is 17.5. The summed E-state index contributed by atoms with van der Waals surface area (Å²) in [5, 5.41) is 4.81. The molecule has 2 aromatic heterocycles. The SMILES string of the molecule is CCCc1cc(C(=O)OCC)nc2c(-c3c(CC)cccc3CC)c(C)nn12. The summed E-state index contributed by atoms with van der Waals surface area (Å²) in [6.07, 6.45) is 3.64. The van der Waals surface area contributed by atoms with Gasteiger partial charge >= 0.3 is 5.97 Å². The molecule has 1 aromatic carbocycles. The molecule has 5 nitrogen and oxygen atoms in total. The molecule has 0 radical (unpaired) electrons. The summed E-state index contributed by atoms with van der Waals surface area (Å²) in [7, 11) is 0. The number of aromatic nitrogens is 3. The van der Waals surface area contributed by atoms with Crippen molar-refractivity contribution in [2.45, 2.75) is 60.3 Å². The molecule has 148 valence electrons. The van der Waals surface area contributed by atoms with Crippen molar-refractivity contribution < 1.29 is 9.53 Å². The first-order chi connectivity index (χ1) is 13.5. The third-order valence-electron chi connectivity index (χ3n) is 5.08. The molecule has 0 spiro atoms. The zero-order chi connectivity index (χ0) is 20.3. The third-order valence-corrected chi connectivity index (χ3v) is 5.08. The fraction of sp³-hybridized carbons (Fsp3) is 0.435. The molecule has 2 heterocycles. The fourth-order valence-electron chi connectivity index (χ4n) is 3.78. The van der Waals surface area contributed by atoms with Crippen molar-refractivity contribution in [3.8, 4) is 11.1 Å². The van der Waals surface area contributed by atoms with E-state index in [1.165, 1.54) is 16.7 Å². The summed E-state index contributed by atoms with van der Waals surface area (Å²) < 4.78 is 7.13. The first kappa shape index (κ1) is 20.1. The number of hydrogen-bond donors (Lipinski definition) is 0. The van der Waals surface area contributed by atoms with E-state index in [-0.39, 0.29) is 5.97 Å². The normalized spacial score (nSPS) is 11.2. The van der Waals surface area contributed by atoms with Crippen molar-refractivity contribution in [2.24, 2.45) is 0 Å². The second-order valence-corrected chi connectivity index (χ2v) is 6.96. The predicted octanol–water partition coefficient (Wildman–Crippen LogP) is 4.96. The molecule has 0 amide bonds. The lowest BCUT2D eigenvalue weighted by molar-refractivity contribution is 0.0519. The molecule has 3 aromatic rings. The molecule has 0 saturated carbocycles. The van der Waals surface area contributed by atoms with Gasteiger partial charge in [-0.15, -0.1) is 0 Å². The molecule has 0 fully saturated rings. The lowest BCUT2D eigenvalue weighted by Crippen LogP contribution is -2.11. The van der Waals surface area contributed by atoms with E-state index in [1.807, 2.05) is 24.4 Å². The summed E-state index contributed by atoms with van der Waals surface area (Å²) in [5.41, 5.74) is 7.79. The number of hydrogen-bond acceptors (Lipinski definition) is 4. The van der Waals surface area contributed by atoms with E-state index < -0.39 is 0 Å². The third kappa shape index (κ3) is 3.53. The Morgan fingerprint density at radius 1 is 1.07 bits per heavy atom. The van der Waals surface area contributed by atoms with Gasteiger partial charge in [-0.25, -0.2) is 14.3 Å². The van der Waals surface area contributed by atoms with Crippen LogP contribution in [0, 0.1) is 6.92 Å². The maximum atomic E-state index is 12.4. The monoisotopic (exact) mass is 379 g/mol. The van der Waals surface area contributed by atoms with E-state index in [0.29, 0.717) is 12.3 Å². The van der Waals surface area contributed by atoms with Gasteiger partial charge in [0.1, 0.15) is 0 Å². The highest BCUT2D eigenvalue weighted by atomic mass is 16.5. The Morgan fingerprint density at radius 3 is 2.32 bits per heavy atom. The Bertz CT molecular complexity index is 982. The summed E-state index contributed by atoms with van der Waals surface area (Å²) in [6, 6.07) is 8.26. The minimum absolute atomic E-state index is 0.332. The van der Waals surface area contributed by atoms with E-state index in [1.54, 1.807) is 0 Å². The smallest absolute Gasteiger partial charge is 0.357 e. The first-order valence-corrected chi connectivity index (χ1v) is 10.2. The Balaban J connectivity index is 2.36. The number of aryl methyl sites for hydroxylation is 4. The van der Waals surface area contributed by atoms with Crippen LogP contribution in [0.5, 0.6) is 0 Å². The Labute approximate surface area is 166 Å². The highest BCUT2D eigenvalue weighted by Gasteiger charge is 2.22. The fourth-order valence-corrected chi connectivity index (χ4v) is 3.78. The molecule has 0 unspecified atom stereocenters. The summed E-state index contributed by atoms with van der Waals surface area (Å²) >= 11 is 0. The van der Waals surface area contributed by atoms with Crippen molar-refractivity contribution in [3.05, 3.63) is 52.5 Å². The van der Waals surface area contributed by atoms with Crippen LogP contribution in [0.15, 0.2) is 24.3 Å². The molecule has 0 bridgehead atoms. The van der Waals surface area contributed by atoms with Gasteiger partial charge in [0.15, 0.2) is 11.3 Å². The molecule has 0 atom stereocenters. The molecule has 28 heavy (non-hydrogen) atoms. The molecular weight excluding hydrogens is 350 g/mol. The predicted molar refractivity (Wildman–Crippen MR) is 112 cm³/mol. The average molecular weight is 380 g/mol. The maximum Gasteiger partial charge on any atom is 0.357 e. The number of nitrogens with zero attached hydrogens (tertiary/aromatic N) is 3. The van der Waals surface area contributed by atoms with Crippen molar-refractivity contribution in [2.75, 3.05) is 6.61 Å². The molecule has 3 rings (SSSR count). The molecule has 0 aliphatic heterocycles. The molecule has 0 aliphatic rings. The van der Waals surface area contributed by atoms with Gasteiger partial charge in [0.05, 0.1) is 17.9 Å².